The zero-order valence-corrected chi connectivity index (χ0v) is 14.9. The summed E-state index contributed by atoms with van der Waals surface area (Å²) in [4.78, 5) is 23.4. The number of likely N-dealkylation sites (tertiary alicyclic amines) is 1. The summed E-state index contributed by atoms with van der Waals surface area (Å²) in [5.74, 6) is -0.0193. The summed E-state index contributed by atoms with van der Waals surface area (Å²) in [5.41, 5.74) is 3.35. The number of carbonyl (C=O) groups is 1. The van der Waals surface area contributed by atoms with Gasteiger partial charge in [-0.15, -0.1) is 0 Å². The van der Waals surface area contributed by atoms with Crippen molar-refractivity contribution in [3.63, 3.8) is 0 Å². The molecule has 3 aromatic rings. The van der Waals surface area contributed by atoms with Crippen LogP contribution in [0.3, 0.4) is 0 Å². The maximum atomic E-state index is 13.2. The molecule has 27 heavy (non-hydrogen) atoms. The molecule has 0 N–H and O–H groups in total. The molecule has 5 heteroatoms. The van der Waals surface area contributed by atoms with Crippen molar-refractivity contribution in [2.75, 3.05) is 13.1 Å². The van der Waals surface area contributed by atoms with E-state index in [0.29, 0.717) is 12.1 Å². The van der Waals surface area contributed by atoms with Crippen LogP contribution in [0, 0.1) is 5.82 Å². The van der Waals surface area contributed by atoms with E-state index in [2.05, 4.69) is 4.98 Å². The SMILES string of the molecule is O=C(c1ccncc1)N1CCC[C@H](c2cccc(-c3ccc(F)cc3)n2)C1. The zero-order valence-electron chi connectivity index (χ0n) is 14.9. The lowest BCUT2D eigenvalue weighted by atomic mass is 9.93. The molecule has 4 nitrogen and oxygen atoms in total. The quantitative estimate of drug-likeness (QED) is 0.699. The van der Waals surface area contributed by atoms with Gasteiger partial charge in [0.15, 0.2) is 0 Å². The van der Waals surface area contributed by atoms with E-state index in [1.807, 2.05) is 23.1 Å². The number of halogens is 1. The predicted molar refractivity (Wildman–Crippen MR) is 102 cm³/mol. The standard InChI is InChI=1S/C22H20FN3O/c23-19-8-6-16(7-9-19)20-4-1-5-21(25-20)18-3-2-14-26(15-18)22(27)17-10-12-24-13-11-17/h1,4-13,18H,2-3,14-15H2/t18-/m0/s1. The second kappa shape index (κ2) is 7.66. The third-order valence-corrected chi connectivity index (χ3v) is 4.96. The van der Waals surface area contributed by atoms with Crippen LogP contribution in [0.1, 0.15) is 34.8 Å². The molecule has 1 aliphatic rings. The van der Waals surface area contributed by atoms with Crippen LogP contribution >= 0.6 is 0 Å². The van der Waals surface area contributed by atoms with E-state index in [0.717, 1.165) is 36.3 Å². The van der Waals surface area contributed by atoms with E-state index in [1.54, 1.807) is 36.7 Å². The molecule has 3 heterocycles. The monoisotopic (exact) mass is 361 g/mol. The highest BCUT2D eigenvalue weighted by Gasteiger charge is 2.26. The summed E-state index contributed by atoms with van der Waals surface area (Å²) in [6, 6.07) is 15.8. The maximum absolute atomic E-state index is 13.2. The van der Waals surface area contributed by atoms with Crippen molar-refractivity contribution in [1.29, 1.82) is 0 Å². The molecule has 0 aliphatic carbocycles. The molecule has 1 atom stereocenters. The predicted octanol–water partition coefficient (Wildman–Crippen LogP) is 4.30. The van der Waals surface area contributed by atoms with Crippen LogP contribution in [0.5, 0.6) is 0 Å². The van der Waals surface area contributed by atoms with Gasteiger partial charge in [-0.25, -0.2) is 4.39 Å². The van der Waals surface area contributed by atoms with E-state index in [-0.39, 0.29) is 17.6 Å². The first kappa shape index (κ1) is 17.3. The molecule has 1 fully saturated rings. The molecule has 0 bridgehead atoms. The number of piperidine rings is 1. The topological polar surface area (TPSA) is 46.1 Å². The Labute approximate surface area is 157 Å². The Kier molecular flexibility index (Phi) is 4.92. The van der Waals surface area contributed by atoms with Gasteiger partial charge in [0, 0.05) is 48.2 Å². The number of benzene rings is 1. The number of amides is 1. The van der Waals surface area contributed by atoms with Gasteiger partial charge in [-0.05, 0) is 61.4 Å². The van der Waals surface area contributed by atoms with E-state index in [1.165, 1.54) is 12.1 Å². The average molecular weight is 361 g/mol. The number of nitrogens with zero attached hydrogens (tertiary/aromatic N) is 3. The van der Waals surface area contributed by atoms with Gasteiger partial charge in [-0.1, -0.05) is 6.07 Å². The number of hydrogen-bond acceptors (Lipinski definition) is 3. The molecule has 0 unspecified atom stereocenters. The highest BCUT2D eigenvalue weighted by molar-refractivity contribution is 5.94. The normalized spacial score (nSPS) is 16.9. The van der Waals surface area contributed by atoms with Crippen molar-refractivity contribution in [3.05, 3.63) is 84.1 Å². The van der Waals surface area contributed by atoms with Gasteiger partial charge in [0.2, 0.25) is 0 Å². The van der Waals surface area contributed by atoms with Crippen LogP contribution < -0.4 is 0 Å². The van der Waals surface area contributed by atoms with Gasteiger partial charge in [0.25, 0.3) is 5.91 Å². The van der Waals surface area contributed by atoms with Crippen LogP contribution in [0.2, 0.25) is 0 Å². The lowest BCUT2D eigenvalue weighted by Crippen LogP contribution is -2.39. The molecule has 1 aliphatic heterocycles. The van der Waals surface area contributed by atoms with E-state index in [9.17, 15) is 9.18 Å². The van der Waals surface area contributed by atoms with Crippen LogP contribution in [0.4, 0.5) is 4.39 Å². The molecular formula is C22H20FN3O. The van der Waals surface area contributed by atoms with E-state index >= 15 is 0 Å². The fourth-order valence-corrected chi connectivity index (χ4v) is 3.54. The van der Waals surface area contributed by atoms with Crippen LogP contribution in [0.15, 0.2) is 67.0 Å². The first-order valence-corrected chi connectivity index (χ1v) is 9.13. The minimum Gasteiger partial charge on any atom is -0.338 e. The Bertz CT molecular complexity index is 928. The van der Waals surface area contributed by atoms with Gasteiger partial charge in [-0.3, -0.25) is 14.8 Å². The van der Waals surface area contributed by atoms with Gasteiger partial charge in [0.05, 0.1) is 5.69 Å². The third-order valence-electron chi connectivity index (χ3n) is 4.96. The van der Waals surface area contributed by atoms with Crippen molar-refractivity contribution >= 4 is 5.91 Å². The Hall–Kier alpha value is -3.08. The number of hydrogen-bond donors (Lipinski definition) is 0. The average Bonchev–Trinajstić information content (AvgIpc) is 2.74. The van der Waals surface area contributed by atoms with Crippen molar-refractivity contribution in [2.24, 2.45) is 0 Å². The molecule has 1 saturated heterocycles. The molecule has 4 rings (SSSR count). The summed E-state index contributed by atoms with van der Waals surface area (Å²) in [5, 5.41) is 0. The number of aromatic nitrogens is 2. The Morgan fingerprint density at radius 3 is 2.59 bits per heavy atom. The van der Waals surface area contributed by atoms with Crippen molar-refractivity contribution in [2.45, 2.75) is 18.8 Å². The molecular weight excluding hydrogens is 341 g/mol. The van der Waals surface area contributed by atoms with Gasteiger partial charge in [-0.2, -0.15) is 0 Å². The fraction of sp³-hybridized carbons (Fsp3) is 0.227. The summed E-state index contributed by atoms with van der Waals surface area (Å²) in [6.07, 6.45) is 5.23. The lowest BCUT2D eigenvalue weighted by molar-refractivity contribution is 0.0706. The number of carbonyl (C=O) groups excluding carboxylic acids is 1. The Balaban J connectivity index is 1.54. The highest BCUT2D eigenvalue weighted by atomic mass is 19.1. The van der Waals surface area contributed by atoms with E-state index < -0.39 is 0 Å². The summed E-state index contributed by atoms with van der Waals surface area (Å²) < 4.78 is 13.2. The molecule has 1 amide bonds. The first-order chi connectivity index (χ1) is 13.2. The highest BCUT2D eigenvalue weighted by Crippen LogP contribution is 2.28. The minimum atomic E-state index is -0.257. The molecule has 0 saturated carbocycles. The summed E-state index contributed by atoms with van der Waals surface area (Å²) in [6.45, 7) is 1.41. The smallest absolute Gasteiger partial charge is 0.253 e. The maximum Gasteiger partial charge on any atom is 0.253 e. The first-order valence-electron chi connectivity index (χ1n) is 9.13. The molecule has 2 aromatic heterocycles. The zero-order chi connectivity index (χ0) is 18.6. The molecule has 0 spiro atoms. The molecule has 1 aromatic carbocycles. The Morgan fingerprint density at radius 2 is 1.81 bits per heavy atom. The van der Waals surface area contributed by atoms with Crippen molar-refractivity contribution < 1.29 is 9.18 Å². The minimum absolute atomic E-state index is 0.0387. The van der Waals surface area contributed by atoms with Gasteiger partial charge < -0.3 is 4.90 Å². The fourth-order valence-electron chi connectivity index (χ4n) is 3.54. The van der Waals surface area contributed by atoms with E-state index in [4.69, 9.17) is 4.98 Å². The van der Waals surface area contributed by atoms with Crippen LogP contribution in [-0.2, 0) is 0 Å². The van der Waals surface area contributed by atoms with Crippen molar-refractivity contribution in [1.82, 2.24) is 14.9 Å². The van der Waals surface area contributed by atoms with Crippen molar-refractivity contribution in [3.8, 4) is 11.3 Å². The summed E-state index contributed by atoms with van der Waals surface area (Å²) in [7, 11) is 0. The number of rotatable bonds is 3. The Morgan fingerprint density at radius 1 is 1.04 bits per heavy atom. The molecule has 0 radical (unpaired) electrons. The molecule has 136 valence electrons. The largest absolute Gasteiger partial charge is 0.338 e. The number of pyridine rings is 2. The van der Waals surface area contributed by atoms with Crippen LogP contribution in [0.25, 0.3) is 11.3 Å². The van der Waals surface area contributed by atoms with Gasteiger partial charge in [0.1, 0.15) is 5.82 Å². The second-order valence-corrected chi connectivity index (χ2v) is 6.78. The summed E-state index contributed by atoms with van der Waals surface area (Å²) >= 11 is 0. The lowest BCUT2D eigenvalue weighted by Gasteiger charge is -2.32. The van der Waals surface area contributed by atoms with Gasteiger partial charge >= 0.3 is 0 Å². The second-order valence-electron chi connectivity index (χ2n) is 6.78. The third kappa shape index (κ3) is 3.87. The van der Waals surface area contributed by atoms with Crippen LogP contribution in [-0.4, -0.2) is 33.9 Å².